The van der Waals surface area contributed by atoms with Crippen molar-refractivity contribution in [3.05, 3.63) is 29.8 Å². The normalized spacial score (nSPS) is 20.1. The number of nitriles is 1. The third kappa shape index (κ3) is 4.48. The summed E-state index contributed by atoms with van der Waals surface area (Å²) in [5.41, 5.74) is 0.345. The standard InChI is InChI=1S/C18H22N2O4/c1-13-6-5-7-14(2)20(13)17(21)11-24-18(22)12-23-16-9-4-3-8-15(16)10-19/h3-4,8-9,13-14H,5-7,11-12H2,1-2H3/t13-,14-/m0/s1. The topological polar surface area (TPSA) is 79.6 Å². The van der Waals surface area contributed by atoms with Crippen molar-refractivity contribution in [2.45, 2.75) is 45.2 Å². The highest BCUT2D eigenvalue weighted by atomic mass is 16.6. The molecule has 0 unspecified atom stereocenters. The largest absolute Gasteiger partial charge is 0.481 e. The van der Waals surface area contributed by atoms with Crippen LogP contribution in [0, 0.1) is 11.3 Å². The summed E-state index contributed by atoms with van der Waals surface area (Å²) < 4.78 is 10.3. The minimum Gasteiger partial charge on any atom is -0.481 e. The van der Waals surface area contributed by atoms with Crippen LogP contribution >= 0.6 is 0 Å². The number of rotatable bonds is 5. The average molecular weight is 330 g/mol. The molecule has 1 fully saturated rings. The first-order valence-electron chi connectivity index (χ1n) is 8.11. The fraction of sp³-hybridized carbons (Fsp3) is 0.500. The van der Waals surface area contributed by atoms with Crippen molar-refractivity contribution >= 4 is 11.9 Å². The minimum atomic E-state index is -0.631. The lowest BCUT2D eigenvalue weighted by Crippen LogP contribution is -2.49. The molecular weight excluding hydrogens is 308 g/mol. The summed E-state index contributed by atoms with van der Waals surface area (Å²) in [5.74, 6) is -0.490. The van der Waals surface area contributed by atoms with E-state index in [0.29, 0.717) is 11.3 Å². The molecule has 1 saturated heterocycles. The highest BCUT2D eigenvalue weighted by Crippen LogP contribution is 2.22. The van der Waals surface area contributed by atoms with Crippen molar-refractivity contribution < 1.29 is 19.1 Å². The fourth-order valence-corrected chi connectivity index (χ4v) is 2.99. The van der Waals surface area contributed by atoms with Gasteiger partial charge in [0, 0.05) is 12.1 Å². The number of nitrogens with zero attached hydrogens (tertiary/aromatic N) is 2. The van der Waals surface area contributed by atoms with Crippen LogP contribution in [0.5, 0.6) is 5.75 Å². The highest BCUT2D eigenvalue weighted by molar-refractivity contribution is 5.81. The van der Waals surface area contributed by atoms with Crippen molar-refractivity contribution in [3.63, 3.8) is 0 Å². The van der Waals surface area contributed by atoms with Crippen molar-refractivity contribution in [2.24, 2.45) is 0 Å². The van der Waals surface area contributed by atoms with E-state index in [9.17, 15) is 9.59 Å². The summed E-state index contributed by atoms with van der Waals surface area (Å²) in [4.78, 5) is 25.8. The van der Waals surface area contributed by atoms with E-state index in [-0.39, 0.29) is 31.2 Å². The summed E-state index contributed by atoms with van der Waals surface area (Å²) >= 11 is 0. The number of esters is 1. The van der Waals surface area contributed by atoms with E-state index in [1.54, 1.807) is 29.2 Å². The molecule has 0 aliphatic carbocycles. The molecule has 0 saturated carbocycles. The number of ether oxygens (including phenoxy) is 2. The first-order valence-corrected chi connectivity index (χ1v) is 8.11. The van der Waals surface area contributed by atoms with E-state index in [4.69, 9.17) is 14.7 Å². The van der Waals surface area contributed by atoms with Gasteiger partial charge in [0.1, 0.15) is 11.8 Å². The van der Waals surface area contributed by atoms with Gasteiger partial charge < -0.3 is 14.4 Å². The van der Waals surface area contributed by atoms with Gasteiger partial charge in [0.2, 0.25) is 0 Å². The van der Waals surface area contributed by atoms with Gasteiger partial charge >= 0.3 is 5.97 Å². The Morgan fingerprint density at radius 1 is 1.21 bits per heavy atom. The Bertz CT molecular complexity index is 628. The van der Waals surface area contributed by atoms with Crippen molar-refractivity contribution in [1.82, 2.24) is 4.90 Å². The van der Waals surface area contributed by atoms with Gasteiger partial charge in [-0.15, -0.1) is 0 Å². The van der Waals surface area contributed by atoms with Crippen molar-refractivity contribution in [1.29, 1.82) is 5.26 Å². The number of para-hydroxylation sites is 1. The second-order valence-corrected chi connectivity index (χ2v) is 5.99. The molecular formula is C18H22N2O4. The van der Waals surface area contributed by atoms with Gasteiger partial charge in [0.25, 0.3) is 5.91 Å². The predicted octanol–water partition coefficient (Wildman–Crippen LogP) is 2.27. The number of amides is 1. The zero-order valence-corrected chi connectivity index (χ0v) is 14.0. The van der Waals surface area contributed by atoms with Crippen LogP contribution < -0.4 is 4.74 Å². The van der Waals surface area contributed by atoms with Gasteiger partial charge in [0.15, 0.2) is 13.2 Å². The molecule has 6 nitrogen and oxygen atoms in total. The second kappa shape index (κ2) is 8.34. The molecule has 1 amide bonds. The molecule has 1 heterocycles. The lowest BCUT2D eigenvalue weighted by Gasteiger charge is -2.38. The number of piperidine rings is 1. The van der Waals surface area contributed by atoms with E-state index in [0.717, 1.165) is 19.3 Å². The monoisotopic (exact) mass is 330 g/mol. The van der Waals surface area contributed by atoms with E-state index in [1.165, 1.54) is 0 Å². The van der Waals surface area contributed by atoms with Crippen LogP contribution in [-0.4, -0.2) is 42.1 Å². The molecule has 6 heteroatoms. The van der Waals surface area contributed by atoms with Gasteiger partial charge in [-0.3, -0.25) is 4.79 Å². The Hall–Kier alpha value is -2.55. The van der Waals surface area contributed by atoms with Crippen LogP contribution in [0.25, 0.3) is 0 Å². The molecule has 1 aromatic rings. The first kappa shape index (κ1) is 17.8. The molecule has 1 aliphatic rings. The molecule has 0 aromatic heterocycles. The molecule has 1 aliphatic heterocycles. The zero-order chi connectivity index (χ0) is 17.5. The minimum absolute atomic E-state index is 0.165. The third-order valence-electron chi connectivity index (χ3n) is 4.19. The maximum absolute atomic E-state index is 12.3. The van der Waals surface area contributed by atoms with Crippen LogP contribution in [-0.2, 0) is 14.3 Å². The molecule has 2 atom stereocenters. The van der Waals surface area contributed by atoms with Gasteiger partial charge in [-0.1, -0.05) is 12.1 Å². The molecule has 24 heavy (non-hydrogen) atoms. The SMILES string of the molecule is C[C@H]1CCC[C@H](C)N1C(=O)COC(=O)COc1ccccc1C#N. The van der Waals surface area contributed by atoms with Crippen molar-refractivity contribution in [3.8, 4) is 11.8 Å². The molecule has 0 bridgehead atoms. The maximum atomic E-state index is 12.3. The van der Waals surface area contributed by atoms with Crippen LogP contribution in [0.1, 0.15) is 38.7 Å². The highest BCUT2D eigenvalue weighted by Gasteiger charge is 2.29. The van der Waals surface area contributed by atoms with Gasteiger partial charge in [-0.05, 0) is 45.2 Å². The van der Waals surface area contributed by atoms with Crippen LogP contribution in [0.2, 0.25) is 0 Å². The molecule has 0 N–H and O–H groups in total. The number of likely N-dealkylation sites (tertiary alicyclic amines) is 1. The smallest absolute Gasteiger partial charge is 0.344 e. The average Bonchev–Trinajstić information content (AvgIpc) is 2.58. The summed E-state index contributed by atoms with van der Waals surface area (Å²) in [5, 5.41) is 8.96. The molecule has 128 valence electrons. The van der Waals surface area contributed by atoms with Crippen LogP contribution in [0.3, 0.4) is 0 Å². The summed E-state index contributed by atoms with van der Waals surface area (Å²) in [6.07, 6.45) is 3.05. The van der Waals surface area contributed by atoms with E-state index < -0.39 is 5.97 Å². The lowest BCUT2D eigenvalue weighted by molar-refractivity contribution is -0.156. The predicted molar refractivity (Wildman–Crippen MR) is 87.2 cm³/mol. The summed E-state index contributed by atoms with van der Waals surface area (Å²) in [6.45, 7) is 3.41. The van der Waals surface area contributed by atoms with Gasteiger partial charge in [0.05, 0.1) is 5.56 Å². The summed E-state index contributed by atoms with van der Waals surface area (Å²) in [7, 11) is 0. The number of hydrogen-bond acceptors (Lipinski definition) is 5. The fourth-order valence-electron chi connectivity index (χ4n) is 2.99. The van der Waals surface area contributed by atoms with Crippen molar-refractivity contribution in [2.75, 3.05) is 13.2 Å². The van der Waals surface area contributed by atoms with Gasteiger partial charge in [-0.25, -0.2) is 4.79 Å². The Morgan fingerprint density at radius 2 is 1.88 bits per heavy atom. The van der Waals surface area contributed by atoms with Crippen LogP contribution in [0.4, 0.5) is 0 Å². The Kier molecular flexibility index (Phi) is 6.19. The molecule has 0 radical (unpaired) electrons. The number of carbonyl (C=O) groups is 2. The van der Waals surface area contributed by atoms with Gasteiger partial charge in [-0.2, -0.15) is 5.26 Å². The van der Waals surface area contributed by atoms with Crippen LogP contribution in [0.15, 0.2) is 24.3 Å². The Labute approximate surface area is 142 Å². The summed E-state index contributed by atoms with van der Waals surface area (Å²) in [6, 6.07) is 8.95. The second-order valence-electron chi connectivity index (χ2n) is 5.99. The molecule has 2 rings (SSSR count). The molecule has 1 aromatic carbocycles. The number of hydrogen-bond donors (Lipinski definition) is 0. The van der Waals surface area contributed by atoms with E-state index in [1.807, 2.05) is 19.9 Å². The number of carbonyl (C=O) groups excluding carboxylic acids is 2. The third-order valence-corrected chi connectivity index (χ3v) is 4.19. The van der Waals surface area contributed by atoms with E-state index in [2.05, 4.69) is 0 Å². The lowest BCUT2D eigenvalue weighted by atomic mass is 9.97. The quantitative estimate of drug-likeness (QED) is 0.774. The zero-order valence-electron chi connectivity index (χ0n) is 14.0. The maximum Gasteiger partial charge on any atom is 0.344 e. The van der Waals surface area contributed by atoms with E-state index >= 15 is 0 Å². The Balaban J connectivity index is 1.80. The molecule has 0 spiro atoms. The first-order chi connectivity index (χ1) is 11.5. The Morgan fingerprint density at radius 3 is 2.54 bits per heavy atom. The number of benzene rings is 1.